The number of hydrogen-bond donors (Lipinski definition) is 0. The minimum absolute atomic E-state index is 0.0696. The summed E-state index contributed by atoms with van der Waals surface area (Å²) >= 11 is 1.54. The van der Waals surface area contributed by atoms with Crippen molar-refractivity contribution in [3.8, 4) is 11.8 Å². The SMILES string of the molecule is N#Cc1ccccc1COc1ccc2ccccc2c1C=C1SC(=NC2CCCCC2)N(C2CCCCC2)C1=O. The summed E-state index contributed by atoms with van der Waals surface area (Å²) in [7, 11) is 0. The molecule has 1 saturated heterocycles. The molecule has 5 nitrogen and oxygen atoms in total. The molecule has 0 bridgehead atoms. The summed E-state index contributed by atoms with van der Waals surface area (Å²) in [6.07, 6.45) is 13.6. The van der Waals surface area contributed by atoms with Gasteiger partial charge in [-0.1, -0.05) is 87.1 Å². The van der Waals surface area contributed by atoms with E-state index in [9.17, 15) is 10.1 Å². The third-order valence-corrected chi connectivity index (χ3v) is 9.37. The lowest BCUT2D eigenvalue weighted by Crippen LogP contribution is -2.41. The molecule has 1 aliphatic heterocycles. The lowest BCUT2D eigenvalue weighted by atomic mass is 9.94. The number of nitrogens with zero attached hydrogens (tertiary/aromatic N) is 3. The molecule has 0 aromatic heterocycles. The molecule has 0 atom stereocenters. The van der Waals surface area contributed by atoms with Crippen molar-refractivity contribution in [2.75, 3.05) is 0 Å². The van der Waals surface area contributed by atoms with Crippen molar-refractivity contribution in [1.29, 1.82) is 5.26 Å². The maximum absolute atomic E-state index is 14.1. The number of hydrogen-bond acceptors (Lipinski definition) is 5. The molecule has 6 heteroatoms. The Morgan fingerprint density at radius 2 is 1.65 bits per heavy atom. The smallest absolute Gasteiger partial charge is 0.267 e. The van der Waals surface area contributed by atoms with Crippen LogP contribution in [-0.4, -0.2) is 28.1 Å². The molecule has 3 aromatic rings. The Labute approximate surface area is 240 Å². The average molecular weight is 550 g/mol. The van der Waals surface area contributed by atoms with Gasteiger partial charge in [-0.15, -0.1) is 0 Å². The maximum atomic E-state index is 14.1. The van der Waals surface area contributed by atoms with Gasteiger partial charge in [0.05, 0.1) is 22.6 Å². The summed E-state index contributed by atoms with van der Waals surface area (Å²) in [4.78, 5) is 22.0. The standard InChI is InChI=1S/C34H35N3O2S/c35-22-25-12-7-8-13-26(25)23-39-31-20-19-24-11-9-10-18-29(24)30(31)21-32-33(38)37(28-16-5-2-6-17-28)34(40-32)36-27-14-3-1-4-15-27/h7-13,18-21,27-28H,1-6,14-17,23H2. The number of amidine groups is 1. The summed E-state index contributed by atoms with van der Waals surface area (Å²) in [5.74, 6) is 0.773. The molecule has 40 heavy (non-hydrogen) atoms. The van der Waals surface area contributed by atoms with E-state index in [1.54, 1.807) is 0 Å². The highest BCUT2D eigenvalue weighted by Crippen LogP contribution is 2.40. The Kier molecular flexibility index (Phi) is 8.20. The average Bonchev–Trinajstić information content (AvgIpc) is 3.31. The van der Waals surface area contributed by atoms with E-state index >= 15 is 0 Å². The van der Waals surface area contributed by atoms with Crippen LogP contribution in [0, 0.1) is 11.3 Å². The fraction of sp³-hybridized carbons (Fsp3) is 0.382. The second-order valence-corrected chi connectivity index (χ2v) is 12.0. The van der Waals surface area contributed by atoms with E-state index in [0.717, 1.165) is 52.8 Å². The van der Waals surface area contributed by atoms with Crippen molar-refractivity contribution in [2.24, 2.45) is 4.99 Å². The number of aliphatic imine (C=N–C) groups is 1. The van der Waals surface area contributed by atoms with E-state index in [1.165, 1.54) is 50.3 Å². The molecule has 0 radical (unpaired) electrons. The van der Waals surface area contributed by atoms with E-state index in [4.69, 9.17) is 9.73 Å². The molecule has 204 valence electrons. The first-order chi connectivity index (χ1) is 19.7. The second-order valence-electron chi connectivity index (χ2n) is 11.0. The monoisotopic (exact) mass is 549 g/mol. The first kappa shape index (κ1) is 26.7. The van der Waals surface area contributed by atoms with Gasteiger partial charge in [-0.2, -0.15) is 5.26 Å². The minimum atomic E-state index is 0.0696. The largest absolute Gasteiger partial charge is 0.488 e. The molecule has 3 aliphatic rings. The van der Waals surface area contributed by atoms with E-state index < -0.39 is 0 Å². The third-order valence-electron chi connectivity index (χ3n) is 8.37. The van der Waals surface area contributed by atoms with Crippen LogP contribution in [0.15, 0.2) is 70.6 Å². The van der Waals surface area contributed by atoms with E-state index in [2.05, 4.69) is 24.3 Å². The molecular formula is C34H35N3O2S. The maximum Gasteiger partial charge on any atom is 0.267 e. The number of benzene rings is 3. The number of carbonyl (C=O) groups is 1. The summed E-state index contributed by atoms with van der Waals surface area (Å²) in [5, 5.41) is 12.6. The van der Waals surface area contributed by atoms with Crippen LogP contribution in [-0.2, 0) is 11.4 Å². The zero-order chi connectivity index (χ0) is 27.3. The van der Waals surface area contributed by atoms with Gasteiger partial charge in [-0.3, -0.25) is 14.7 Å². The fourth-order valence-electron chi connectivity index (χ4n) is 6.20. The lowest BCUT2D eigenvalue weighted by Gasteiger charge is -2.31. The number of ether oxygens (including phenoxy) is 1. The van der Waals surface area contributed by atoms with Crippen LogP contribution >= 0.6 is 11.8 Å². The summed E-state index contributed by atoms with van der Waals surface area (Å²) in [5.41, 5.74) is 2.34. The van der Waals surface area contributed by atoms with Crippen LogP contribution < -0.4 is 4.74 Å². The predicted molar refractivity (Wildman–Crippen MR) is 163 cm³/mol. The van der Waals surface area contributed by atoms with Crippen molar-refractivity contribution in [3.05, 3.63) is 82.3 Å². The Bertz CT molecular complexity index is 1490. The summed E-state index contributed by atoms with van der Waals surface area (Å²) in [6, 6.07) is 22.5. The highest BCUT2D eigenvalue weighted by molar-refractivity contribution is 8.18. The number of rotatable bonds is 6. The van der Waals surface area contributed by atoms with Crippen molar-refractivity contribution in [2.45, 2.75) is 82.9 Å². The Balaban J connectivity index is 1.38. The highest BCUT2D eigenvalue weighted by atomic mass is 32.2. The van der Waals surface area contributed by atoms with Gasteiger partial charge in [0, 0.05) is 17.2 Å². The van der Waals surface area contributed by atoms with E-state index in [-0.39, 0.29) is 18.6 Å². The summed E-state index contributed by atoms with van der Waals surface area (Å²) in [6.45, 7) is 0.280. The molecule has 1 heterocycles. The van der Waals surface area contributed by atoms with Gasteiger partial charge < -0.3 is 4.74 Å². The van der Waals surface area contributed by atoms with Crippen LogP contribution in [0.25, 0.3) is 16.8 Å². The first-order valence-electron chi connectivity index (χ1n) is 14.6. The van der Waals surface area contributed by atoms with Gasteiger partial charge in [-0.25, -0.2) is 0 Å². The molecule has 0 unspecified atom stereocenters. The van der Waals surface area contributed by atoms with E-state index in [1.807, 2.05) is 53.4 Å². The number of nitriles is 1. The van der Waals surface area contributed by atoms with Crippen molar-refractivity contribution in [1.82, 2.24) is 4.90 Å². The molecule has 0 spiro atoms. The Hall–Kier alpha value is -3.56. The van der Waals surface area contributed by atoms with Crippen molar-refractivity contribution >= 4 is 39.7 Å². The molecule has 6 rings (SSSR count). The number of amides is 1. The van der Waals surface area contributed by atoms with Crippen LogP contribution in [0.2, 0.25) is 0 Å². The van der Waals surface area contributed by atoms with Gasteiger partial charge in [0.2, 0.25) is 0 Å². The Morgan fingerprint density at radius 1 is 0.925 bits per heavy atom. The molecule has 2 saturated carbocycles. The van der Waals surface area contributed by atoms with Crippen molar-refractivity contribution < 1.29 is 9.53 Å². The summed E-state index contributed by atoms with van der Waals surface area (Å²) < 4.78 is 6.35. The molecule has 2 aliphatic carbocycles. The normalized spacial score (nSPS) is 20.9. The van der Waals surface area contributed by atoms with E-state index in [0.29, 0.717) is 22.3 Å². The number of thioether (sulfide) groups is 1. The van der Waals surface area contributed by atoms with Gasteiger partial charge in [0.25, 0.3) is 5.91 Å². The van der Waals surface area contributed by atoms with Crippen LogP contribution in [0.4, 0.5) is 0 Å². The lowest BCUT2D eigenvalue weighted by molar-refractivity contribution is -0.124. The molecular weight excluding hydrogens is 514 g/mol. The van der Waals surface area contributed by atoms with Gasteiger partial charge in [-0.05, 0) is 66.4 Å². The predicted octanol–water partition coefficient (Wildman–Crippen LogP) is 8.23. The quantitative estimate of drug-likeness (QED) is 0.291. The minimum Gasteiger partial charge on any atom is -0.488 e. The van der Waals surface area contributed by atoms with Crippen LogP contribution in [0.1, 0.15) is 80.9 Å². The van der Waals surface area contributed by atoms with Gasteiger partial charge in [0.1, 0.15) is 12.4 Å². The molecule has 0 N–H and O–H groups in total. The van der Waals surface area contributed by atoms with Gasteiger partial charge in [0.15, 0.2) is 5.17 Å². The fourth-order valence-corrected chi connectivity index (χ4v) is 7.29. The topological polar surface area (TPSA) is 65.7 Å². The molecule has 3 aromatic carbocycles. The second kappa shape index (κ2) is 12.3. The zero-order valence-electron chi connectivity index (χ0n) is 22.9. The zero-order valence-corrected chi connectivity index (χ0v) is 23.7. The third kappa shape index (κ3) is 5.67. The van der Waals surface area contributed by atoms with Crippen LogP contribution in [0.5, 0.6) is 5.75 Å². The number of carbonyl (C=O) groups excluding carboxylic acids is 1. The molecule has 1 amide bonds. The first-order valence-corrected chi connectivity index (χ1v) is 15.5. The van der Waals surface area contributed by atoms with Crippen LogP contribution in [0.3, 0.4) is 0 Å². The Morgan fingerprint density at radius 3 is 2.45 bits per heavy atom. The van der Waals surface area contributed by atoms with Gasteiger partial charge >= 0.3 is 0 Å². The van der Waals surface area contributed by atoms with Crippen molar-refractivity contribution in [3.63, 3.8) is 0 Å². The highest BCUT2D eigenvalue weighted by Gasteiger charge is 2.39. The number of fused-ring (bicyclic) bond motifs is 1. The molecule has 3 fully saturated rings.